The predicted molar refractivity (Wildman–Crippen MR) is 106 cm³/mol. The van der Waals surface area contributed by atoms with E-state index in [9.17, 15) is 13.2 Å². The Morgan fingerprint density at radius 1 is 1.08 bits per heavy atom. The molecule has 2 unspecified atom stereocenters. The lowest BCUT2D eigenvalue weighted by molar-refractivity contribution is -0.120. The van der Waals surface area contributed by atoms with Crippen LogP contribution in [-0.2, 0) is 14.8 Å². The standard InChI is InChI=1S/C18H23N3O3S.ClH/c1-13(17(19)14-8-5-4-6-9-14)18(22)20-15-10-7-11-16(12-15)25(23,24)21(2)3;/h4-13,17H,19H2,1-3H3,(H,20,22);1H. The van der Waals surface area contributed by atoms with Gasteiger partial charge in [-0.05, 0) is 23.8 Å². The van der Waals surface area contributed by atoms with E-state index in [-0.39, 0.29) is 23.2 Å². The van der Waals surface area contributed by atoms with Crippen molar-refractivity contribution in [1.82, 2.24) is 4.31 Å². The summed E-state index contributed by atoms with van der Waals surface area (Å²) in [5, 5.41) is 2.74. The molecule has 142 valence electrons. The Balaban J connectivity index is 0.00000338. The monoisotopic (exact) mass is 397 g/mol. The first-order valence-corrected chi connectivity index (χ1v) is 9.31. The van der Waals surface area contributed by atoms with Gasteiger partial charge in [-0.1, -0.05) is 43.3 Å². The van der Waals surface area contributed by atoms with Gasteiger partial charge in [0.2, 0.25) is 15.9 Å². The molecule has 2 rings (SSSR count). The summed E-state index contributed by atoms with van der Waals surface area (Å²) >= 11 is 0. The highest BCUT2D eigenvalue weighted by atomic mass is 35.5. The van der Waals surface area contributed by atoms with E-state index >= 15 is 0 Å². The van der Waals surface area contributed by atoms with Gasteiger partial charge in [0.25, 0.3) is 0 Å². The van der Waals surface area contributed by atoms with E-state index in [0.29, 0.717) is 5.69 Å². The molecule has 0 aliphatic heterocycles. The van der Waals surface area contributed by atoms with Crippen molar-refractivity contribution in [3.63, 3.8) is 0 Å². The molecule has 0 bridgehead atoms. The Labute approximate surface area is 160 Å². The van der Waals surface area contributed by atoms with Crippen LogP contribution in [0.1, 0.15) is 18.5 Å². The lowest BCUT2D eigenvalue weighted by Crippen LogP contribution is -2.30. The molecule has 3 N–H and O–H groups in total. The molecule has 0 radical (unpaired) electrons. The number of benzene rings is 2. The average molecular weight is 398 g/mol. The number of halogens is 1. The van der Waals surface area contributed by atoms with Gasteiger partial charge < -0.3 is 11.1 Å². The molecule has 1 amide bonds. The van der Waals surface area contributed by atoms with Crippen molar-refractivity contribution in [2.24, 2.45) is 11.7 Å². The zero-order chi connectivity index (χ0) is 18.6. The van der Waals surface area contributed by atoms with Crippen LogP contribution in [0.3, 0.4) is 0 Å². The number of amides is 1. The van der Waals surface area contributed by atoms with Gasteiger partial charge in [-0.2, -0.15) is 0 Å². The Morgan fingerprint density at radius 2 is 1.69 bits per heavy atom. The summed E-state index contributed by atoms with van der Waals surface area (Å²) in [6, 6.07) is 15.1. The Morgan fingerprint density at radius 3 is 2.27 bits per heavy atom. The van der Waals surface area contributed by atoms with Crippen LogP contribution in [0.15, 0.2) is 59.5 Å². The largest absolute Gasteiger partial charge is 0.326 e. The second-order valence-electron chi connectivity index (χ2n) is 6.03. The quantitative estimate of drug-likeness (QED) is 0.783. The Hall–Kier alpha value is -1.93. The van der Waals surface area contributed by atoms with Gasteiger partial charge in [0.1, 0.15) is 0 Å². The van der Waals surface area contributed by atoms with Gasteiger partial charge in [0, 0.05) is 25.8 Å². The van der Waals surface area contributed by atoms with Crippen LogP contribution < -0.4 is 11.1 Å². The number of rotatable bonds is 6. The zero-order valence-electron chi connectivity index (χ0n) is 14.9. The predicted octanol–water partition coefficient (Wildman–Crippen LogP) is 2.63. The number of nitrogens with two attached hydrogens (primary N) is 1. The van der Waals surface area contributed by atoms with Crippen LogP contribution in [0.2, 0.25) is 0 Å². The SMILES string of the molecule is CC(C(=O)Nc1cccc(S(=O)(=O)N(C)C)c1)C(N)c1ccccc1.Cl. The molecule has 0 saturated carbocycles. The van der Waals surface area contributed by atoms with E-state index < -0.39 is 22.0 Å². The van der Waals surface area contributed by atoms with Crippen LogP contribution in [-0.4, -0.2) is 32.7 Å². The highest BCUT2D eigenvalue weighted by Crippen LogP contribution is 2.22. The Kier molecular flexibility index (Phi) is 7.77. The first-order chi connectivity index (χ1) is 11.7. The molecule has 0 aliphatic carbocycles. The molecular formula is C18H24ClN3O3S. The molecule has 0 saturated heterocycles. The third-order valence-electron chi connectivity index (χ3n) is 4.02. The van der Waals surface area contributed by atoms with Crippen LogP contribution in [0, 0.1) is 5.92 Å². The van der Waals surface area contributed by atoms with Crippen molar-refractivity contribution >= 4 is 34.0 Å². The third-order valence-corrected chi connectivity index (χ3v) is 5.83. The number of hydrogen-bond acceptors (Lipinski definition) is 4. The molecule has 6 nitrogen and oxygen atoms in total. The second-order valence-corrected chi connectivity index (χ2v) is 8.18. The topological polar surface area (TPSA) is 92.5 Å². The molecule has 26 heavy (non-hydrogen) atoms. The summed E-state index contributed by atoms with van der Waals surface area (Å²) in [7, 11) is -0.638. The number of nitrogens with one attached hydrogen (secondary N) is 1. The van der Waals surface area contributed by atoms with E-state index in [0.717, 1.165) is 9.87 Å². The lowest BCUT2D eigenvalue weighted by atomic mass is 9.94. The van der Waals surface area contributed by atoms with Crippen molar-refractivity contribution < 1.29 is 13.2 Å². The van der Waals surface area contributed by atoms with Crippen LogP contribution >= 0.6 is 12.4 Å². The van der Waals surface area contributed by atoms with E-state index in [1.165, 1.54) is 26.2 Å². The van der Waals surface area contributed by atoms with Crippen molar-refractivity contribution in [1.29, 1.82) is 0 Å². The Bertz CT molecular complexity index is 842. The fourth-order valence-electron chi connectivity index (χ4n) is 2.33. The molecule has 0 heterocycles. The van der Waals surface area contributed by atoms with Gasteiger partial charge in [0.05, 0.1) is 10.8 Å². The maximum Gasteiger partial charge on any atom is 0.242 e. The average Bonchev–Trinajstić information content (AvgIpc) is 2.61. The van der Waals surface area contributed by atoms with Gasteiger partial charge in [-0.25, -0.2) is 12.7 Å². The molecule has 2 aromatic rings. The maximum absolute atomic E-state index is 12.5. The molecule has 2 aromatic carbocycles. The van der Waals surface area contributed by atoms with Crippen LogP contribution in [0.25, 0.3) is 0 Å². The molecule has 8 heteroatoms. The molecule has 0 aromatic heterocycles. The molecule has 0 spiro atoms. The van der Waals surface area contributed by atoms with E-state index in [1.807, 2.05) is 30.3 Å². The van der Waals surface area contributed by atoms with Crippen molar-refractivity contribution in [3.05, 3.63) is 60.2 Å². The number of nitrogens with zero attached hydrogens (tertiary/aromatic N) is 1. The van der Waals surface area contributed by atoms with Crippen molar-refractivity contribution in [3.8, 4) is 0 Å². The van der Waals surface area contributed by atoms with Crippen molar-refractivity contribution in [2.45, 2.75) is 17.9 Å². The van der Waals surface area contributed by atoms with E-state index in [1.54, 1.807) is 19.1 Å². The third kappa shape index (κ3) is 5.04. The fraction of sp³-hybridized carbons (Fsp3) is 0.278. The van der Waals surface area contributed by atoms with E-state index in [2.05, 4.69) is 5.32 Å². The minimum absolute atomic E-state index is 0. The van der Waals surface area contributed by atoms with Crippen LogP contribution in [0.5, 0.6) is 0 Å². The second kappa shape index (κ2) is 9.14. The molecular weight excluding hydrogens is 374 g/mol. The summed E-state index contributed by atoms with van der Waals surface area (Å²) in [5.41, 5.74) is 7.45. The molecule has 2 atom stereocenters. The molecule has 0 aliphatic rings. The van der Waals surface area contributed by atoms with Gasteiger partial charge >= 0.3 is 0 Å². The maximum atomic E-state index is 12.5. The number of sulfonamides is 1. The zero-order valence-corrected chi connectivity index (χ0v) is 16.5. The van der Waals surface area contributed by atoms with Gasteiger partial charge in [-0.3, -0.25) is 4.79 Å². The van der Waals surface area contributed by atoms with Gasteiger partial charge in [0.15, 0.2) is 0 Å². The first-order valence-electron chi connectivity index (χ1n) is 7.87. The normalized spacial score (nSPS) is 13.6. The van der Waals surface area contributed by atoms with Gasteiger partial charge in [-0.15, -0.1) is 12.4 Å². The molecule has 0 fully saturated rings. The summed E-state index contributed by atoms with van der Waals surface area (Å²) in [6.45, 7) is 1.74. The fourth-order valence-corrected chi connectivity index (χ4v) is 3.28. The number of carbonyl (C=O) groups is 1. The highest BCUT2D eigenvalue weighted by molar-refractivity contribution is 7.89. The first kappa shape index (κ1) is 22.1. The number of carbonyl (C=O) groups excluding carboxylic acids is 1. The highest BCUT2D eigenvalue weighted by Gasteiger charge is 2.23. The van der Waals surface area contributed by atoms with Crippen LogP contribution in [0.4, 0.5) is 5.69 Å². The summed E-state index contributed by atoms with van der Waals surface area (Å²) < 4.78 is 25.5. The summed E-state index contributed by atoms with van der Waals surface area (Å²) in [6.07, 6.45) is 0. The smallest absolute Gasteiger partial charge is 0.242 e. The number of anilines is 1. The lowest BCUT2D eigenvalue weighted by Gasteiger charge is -2.20. The minimum atomic E-state index is -3.56. The van der Waals surface area contributed by atoms with E-state index in [4.69, 9.17) is 5.73 Å². The number of hydrogen-bond donors (Lipinski definition) is 2. The van der Waals surface area contributed by atoms with Crippen molar-refractivity contribution in [2.75, 3.05) is 19.4 Å². The summed E-state index contributed by atoms with van der Waals surface area (Å²) in [4.78, 5) is 12.6. The minimum Gasteiger partial charge on any atom is -0.326 e. The summed E-state index contributed by atoms with van der Waals surface area (Å²) in [5.74, 6) is -0.743.